The van der Waals surface area contributed by atoms with Crippen LogP contribution in [0, 0.1) is 11.3 Å². The number of esters is 1. The average Bonchev–Trinajstić information content (AvgIpc) is 2.28. The van der Waals surface area contributed by atoms with Gasteiger partial charge in [0.1, 0.15) is 11.8 Å². The Morgan fingerprint density at radius 1 is 1.71 bits per heavy atom. The first kappa shape index (κ1) is 13.5. The number of carbonyl (C=O) groups excluding carboxylic acids is 1. The van der Waals surface area contributed by atoms with Crippen LogP contribution in [0.2, 0.25) is 0 Å². The molecule has 0 aliphatic rings. The molecule has 17 heavy (non-hydrogen) atoms. The SMILES string of the molecule is CCOC(=O)c1nc(C#N)c(C(F)F)cc1Br. The summed E-state index contributed by atoms with van der Waals surface area (Å²) in [6, 6.07) is 2.52. The van der Waals surface area contributed by atoms with Gasteiger partial charge in [-0.05, 0) is 28.9 Å². The van der Waals surface area contributed by atoms with Crippen LogP contribution in [0.5, 0.6) is 0 Å². The van der Waals surface area contributed by atoms with E-state index in [-0.39, 0.29) is 16.8 Å². The molecule has 0 bridgehead atoms. The second-order valence-corrected chi connectivity index (χ2v) is 3.74. The van der Waals surface area contributed by atoms with Crippen molar-refractivity contribution in [3.8, 4) is 6.07 Å². The van der Waals surface area contributed by atoms with Gasteiger partial charge in [0, 0.05) is 0 Å². The Morgan fingerprint density at radius 2 is 2.35 bits per heavy atom. The van der Waals surface area contributed by atoms with Crippen LogP contribution in [0.4, 0.5) is 8.78 Å². The molecule has 0 aromatic carbocycles. The molecule has 4 nitrogen and oxygen atoms in total. The minimum Gasteiger partial charge on any atom is -0.461 e. The van der Waals surface area contributed by atoms with E-state index in [1.165, 1.54) is 6.07 Å². The summed E-state index contributed by atoms with van der Waals surface area (Å²) in [5, 5.41) is 8.68. The maximum absolute atomic E-state index is 12.5. The third kappa shape index (κ3) is 2.97. The number of ether oxygens (including phenoxy) is 1. The van der Waals surface area contributed by atoms with E-state index < -0.39 is 23.7 Å². The molecule has 0 fully saturated rings. The average molecular weight is 305 g/mol. The highest BCUT2D eigenvalue weighted by atomic mass is 79.9. The normalized spacial score (nSPS) is 10.1. The molecule has 0 atom stereocenters. The Morgan fingerprint density at radius 3 is 2.82 bits per heavy atom. The van der Waals surface area contributed by atoms with Crippen molar-refractivity contribution >= 4 is 21.9 Å². The number of rotatable bonds is 3. The lowest BCUT2D eigenvalue weighted by Gasteiger charge is -2.07. The highest BCUT2D eigenvalue weighted by molar-refractivity contribution is 9.10. The first-order valence-corrected chi connectivity index (χ1v) is 5.36. The number of nitrogens with zero attached hydrogens (tertiary/aromatic N) is 2. The molecule has 0 unspecified atom stereocenters. The van der Waals surface area contributed by atoms with Gasteiger partial charge in [-0.3, -0.25) is 0 Å². The molecule has 0 aliphatic carbocycles. The van der Waals surface area contributed by atoms with Crippen molar-refractivity contribution in [3.63, 3.8) is 0 Å². The number of alkyl halides is 2. The van der Waals surface area contributed by atoms with Crippen molar-refractivity contribution < 1.29 is 18.3 Å². The highest BCUT2D eigenvalue weighted by Crippen LogP contribution is 2.27. The van der Waals surface area contributed by atoms with Gasteiger partial charge in [-0.1, -0.05) is 0 Å². The zero-order chi connectivity index (χ0) is 13.0. The quantitative estimate of drug-likeness (QED) is 0.806. The van der Waals surface area contributed by atoms with Crippen LogP contribution in [-0.4, -0.2) is 17.6 Å². The van der Waals surface area contributed by atoms with Crippen molar-refractivity contribution in [1.29, 1.82) is 5.26 Å². The monoisotopic (exact) mass is 304 g/mol. The van der Waals surface area contributed by atoms with Crippen LogP contribution in [-0.2, 0) is 4.74 Å². The van der Waals surface area contributed by atoms with E-state index in [1.807, 2.05) is 0 Å². The van der Waals surface area contributed by atoms with Crippen LogP contribution >= 0.6 is 15.9 Å². The zero-order valence-corrected chi connectivity index (χ0v) is 10.3. The standard InChI is InChI=1S/C10H7BrF2N2O2/c1-2-17-10(16)8-6(11)3-5(9(12)13)7(4-14)15-8/h3,9H,2H2,1H3. The van der Waals surface area contributed by atoms with E-state index in [2.05, 4.69) is 25.7 Å². The number of halogens is 3. The van der Waals surface area contributed by atoms with Crippen LogP contribution in [0.25, 0.3) is 0 Å². The first-order chi connectivity index (χ1) is 8.01. The molecule has 7 heteroatoms. The number of hydrogen-bond donors (Lipinski definition) is 0. The van der Waals surface area contributed by atoms with Gasteiger partial charge in [0.25, 0.3) is 6.43 Å². The van der Waals surface area contributed by atoms with Crippen LogP contribution < -0.4 is 0 Å². The van der Waals surface area contributed by atoms with E-state index in [0.29, 0.717) is 0 Å². The predicted octanol–water partition coefficient (Wildman–Crippen LogP) is 2.83. The van der Waals surface area contributed by atoms with Gasteiger partial charge in [-0.2, -0.15) is 5.26 Å². The van der Waals surface area contributed by atoms with E-state index in [1.54, 1.807) is 6.92 Å². The van der Waals surface area contributed by atoms with E-state index in [9.17, 15) is 13.6 Å². The Hall–Kier alpha value is -1.55. The Balaban J connectivity index is 3.28. The van der Waals surface area contributed by atoms with Gasteiger partial charge in [0.2, 0.25) is 0 Å². The van der Waals surface area contributed by atoms with Gasteiger partial charge in [0.05, 0.1) is 16.6 Å². The summed E-state index contributed by atoms with van der Waals surface area (Å²) in [5.74, 6) is -0.767. The molecule has 1 aromatic rings. The smallest absolute Gasteiger partial charge is 0.358 e. The summed E-state index contributed by atoms with van der Waals surface area (Å²) in [7, 11) is 0. The highest BCUT2D eigenvalue weighted by Gasteiger charge is 2.21. The second-order valence-electron chi connectivity index (χ2n) is 2.89. The number of hydrogen-bond acceptors (Lipinski definition) is 4. The topological polar surface area (TPSA) is 63.0 Å². The van der Waals surface area contributed by atoms with E-state index >= 15 is 0 Å². The predicted molar refractivity (Wildman–Crippen MR) is 57.6 cm³/mol. The molecule has 0 amide bonds. The molecule has 0 aliphatic heterocycles. The van der Waals surface area contributed by atoms with Crippen LogP contribution in [0.3, 0.4) is 0 Å². The molecule has 0 N–H and O–H groups in total. The maximum atomic E-state index is 12.5. The fourth-order valence-corrected chi connectivity index (χ4v) is 1.60. The third-order valence-corrected chi connectivity index (χ3v) is 2.42. The molecule has 0 radical (unpaired) electrons. The van der Waals surface area contributed by atoms with E-state index in [0.717, 1.165) is 6.07 Å². The molecule has 1 rings (SSSR count). The van der Waals surface area contributed by atoms with Crippen molar-refractivity contribution in [1.82, 2.24) is 4.98 Å². The van der Waals surface area contributed by atoms with Gasteiger partial charge in [0.15, 0.2) is 5.69 Å². The van der Waals surface area contributed by atoms with Gasteiger partial charge >= 0.3 is 5.97 Å². The lowest BCUT2D eigenvalue weighted by Crippen LogP contribution is -2.10. The molecule has 1 aromatic heterocycles. The minimum absolute atomic E-state index is 0.0743. The third-order valence-electron chi connectivity index (χ3n) is 1.82. The lowest BCUT2D eigenvalue weighted by atomic mass is 10.2. The van der Waals surface area contributed by atoms with Crippen LogP contribution in [0.15, 0.2) is 10.5 Å². The summed E-state index contributed by atoms with van der Waals surface area (Å²) in [4.78, 5) is 15.0. The minimum atomic E-state index is -2.83. The Labute approximate surface area is 104 Å². The lowest BCUT2D eigenvalue weighted by molar-refractivity contribution is 0.0517. The molecule has 0 spiro atoms. The summed E-state index contributed by atoms with van der Waals surface area (Å²) in [6.45, 7) is 1.73. The fourth-order valence-electron chi connectivity index (χ4n) is 1.10. The molecular formula is C10H7BrF2N2O2. The van der Waals surface area contributed by atoms with Crippen molar-refractivity contribution in [2.75, 3.05) is 6.61 Å². The second kappa shape index (κ2) is 5.68. The number of aromatic nitrogens is 1. The number of pyridine rings is 1. The number of carbonyl (C=O) groups is 1. The summed E-state index contributed by atoms with van der Waals surface area (Å²) in [6.07, 6.45) is -2.83. The fraction of sp³-hybridized carbons (Fsp3) is 0.300. The summed E-state index contributed by atoms with van der Waals surface area (Å²) in [5.41, 5.74) is -1.19. The van der Waals surface area contributed by atoms with Crippen molar-refractivity contribution in [2.24, 2.45) is 0 Å². The molecule has 90 valence electrons. The molecule has 1 heterocycles. The van der Waals surface area contributed by atoms with Gasteiger partial charge < -0.3 is 4.74 Å². The van der Waals surface area contributed by atoms with Gasteiger partial charge in [-0.15, -0.1) is 0 Å². The van der Waals surface area contributed by atoms with Crippen molar-refractivity contribution in [3.05, 3.63) is 27.5 Å². The summed E-state index contributed by atoms with van der Waals surface area (Å²) >= 11 is 2.94. The Bertz CT molecular complexity index is 486. The Kier molecular flexibility index (Phi) is 4.52. The largest absolute Gasteiger partial charge is 0.461 e. The number of nitriles is 1. The maximum Gasteiger partial charge on any atom is 0.358 e. The first-order valence-electron chi connectivity index (χ1n) is 4.57. The van der Waals surface area contributed by atoms with Crippen LogP contribution in [0.1, 0.15) is 35.1 Å². The summed E-state index contributed by atoms with van der Waals surface area (Å²) < 4.78 is 29.8. The van der Waals surface area contributed by atoms with Crippen molar-refractivity contribution in [2.45, 2.75) is 13.3 Å². The molecule has 0 saturated heterocycles. The molecule has 0 saturated carbocycles. The molecular weight excluding hydrogens is 298 g/mol. The zero-order valence-electron chi connectivity index (χ0n) is 8.71. The van der Waals surface area contributed by atoms with E-state index in [4.69, 9.17) is 5.26 Å². The van der Waals surface area contributed by atoms with Gasteiger partial charge in [-0.25, -0.2) is 18.6 Å².